The summed E-state index contributed by atoms with van der Waals surface area (Å²) in [4.78, 5) is 3.45. The minimum Gasteiger partial charge on any atom is -0.143 e. The Bertz CT molecular complexity index is 338. The SMILES string of the molecule is Cc1cc(Br)c(C(Br)C2CCCCCC2)s1. The van der Waals surface area contributed by atoms with Gasteiger partial charge in [0.1, 0.15) is 0 Å². The lowest BCUT2D eigenvalue weighted by Crippen LogP contribution is -2.05. The van der Waals surface area contributed by atoms with Gasteiger partial charge in [0, 0.05) is 14.2 Å². The average molecular weight is 366 g/mol. The third-order valence-corrected chi connectivity index (χ3v) is 6.96. The molecule has 2 rings (SSSR count). The van der Waals surface area contributed by atoms with Crippen molar-refractivity contribution in [3.63, 3.8) is 0 Å². The Kier molecular flexibility index (Phi) is 4.92. The summed E-state index contributed by atoms with van der Waals surface area (Å²) in [7, 11) is 0. The minimum absolute atomic E-state index is 0.554. The number of hydrogen-bond acceptors (Lipinski definition) is 1. The van der Waals surface area contributed by atoms with Crippen LogP contribution in [0.5, 0.6) is 0 Å². The first-order chi connectivity index (χ1) is 7.68. The van der Waals surface area contributed by atoms with Crippen molar-refractivity contribution in [2.24, 2.45) is 5.92 Å². The number of aryl methyl sites for hydroxylation is 1. The van der Waals surface area contributed by atoms with Crippen molar-refractivity contribution in [3.8, 4) is 0 Å². The maximum atomic E-state index is 3.93. The van der Waals surface area contributed by atoms with E-state index < -0.39 is 0 Å². The second-order valence-corrected chi connectivity index (χ2v) is 7.85. The van der Waals surface area contributed by atoms with E-state index in [1.807, 2.05) is 11.3 Å². The van der Waals surface area contributed by atoms with Gasteiger partial charge < -0.3 is 0 Å². The highest BCUT2D eigenvalue weighted by Crippen LogP contribution is 2.45. The maximum absolute atomic E-state index is 3.93. The van der Waals surface area contributed by atoms with E-state index >= 15 is 0 Å². The molecule has 0 aromatic carbocycles. The molecule has 0 aliphatic heterocycles. The van der Waals surface area contributed by atoms with Crippen LogP contribution in [0.25, 0.3) is 0 Å². The molecule has 1 heterocycles. The van der Waals surface area contributed by atoms with E-state index in [2.05, 4.69) is 44.8 Å². The molecule has 1 aliphatic carbocycles. The molecule has 1 atom stereocenters. The number of halogens is 2. The summed E-state index contributed by atoms with van der Waals surface area (Å²) in [6.07, 6.45) is 8.46. The van der Waals surface area contributed by atoms with Crippen molar-refractivity contribution >= 4 is 43.2 Å². The molecular formula is C13H18Br2S. The zero-order valence-electron chi connectivity index (χ0n) is 9.64. The Hall–Kier alpha value is 0.660. The second kappa shape index (κ2) is 6.01. The van der Waals surface area contributed by atoms with E-state index in [4.69, 9.17) is 0 Å². The van der Waals surface area contributed by atoms with Crippen LogP contribution in [-0.2, 0) is 0 Å². The van der Waals surface area contributed by atoms with Gasteiger partial charge in [-0.15, -0.1) is 11.3 Å². The van der Waals surface area contributed by atoms with Crippen molar-refractivity contribution in [1.29, 1.82) is 0 Å². The van der Waals surface area contributed by atoms with E-state index in [0.29, 0.717) is 4.83 Å². The molecule has 16 heavy (non-hydrogen) atoms. The summed E-state index contributed by atoms with van der Waals surface area (Å²) in [5, 5.41) is 0. The average Bonchev–Trinajstić information content (AvgIpc) is 2.49. The Balaban J connectivity index is 2.10. The van der Waals surface area contributed by atoms with E-state index in [9.17, 15) is 0 Å². The number of rotatable bonds is 2. The van der Waals surface area contributed by atoms with Crippen molar-refractivity contribution < 1.29 is 0 Å². The molecule has 90 valence electrons. The zero-order valence-corrected chi connectivity index (χ0v) is 13.6. The van der Waals surface area contributed by atoms with E-state index in [1.165, 1.54) is 52.8 Å². The molecule has 1 aromatic heterocycles. The quantitative estimate of drug-likeness (QED) is 0.430. The molecule has 1 aliphatic rings. The highest BCUT2D eigenvalue weighted by Gasteiger charge is 2.24. The fourth-order valence-electron chi connectivity index (χ4n) is 2.51. The van der Waals surface area contributed by atoms with Gasteiger partial charge in [-0.1, -0.05) is 41.6 Å². The van der Waals surface area contributed by atoms with Gasteiger partial charge in [-0.05, 0) is 47.7 Å². The standard InChI is InChI=1S/C13H18Br2S/c1-9-8-11(14)13(16-9)12(15)10-6-4-2-3-5-7-10/h8,10,12H,2-7H2,1H3. The highest BCUT2D eigenvalue weighted by atomic mass is 79.9. The van der Waals surface area contributed by atoms with Gasteiger partial charge in [0.25, 0.3) is 0 Å². The van der Waals surface area contributed by atoms with Crippen molar-refractivity contribution in [2.45, 2.75) is 50.3 Å². The molecule has 0 bridgehead atoms. The summed E-state index contributed by atoms with van der Waals surface area (Å²) >= 11 is 9.54. The largest absolute Gasteiger partial charge is 0.143 e. The number of thiophene rings is 1. The molecule has 0 spiro atoms. The molecule has 1 aromatic rings. The van der Waals surface area contributed by atoms with Gasteiger partial charge in [-0.3, -0.25) is 0 Å². The molecule has 0 N–H and O–H groups in total. The molecule has 1 fully saturated rings. The summed E-state index contributed by atoms with van der Waals surface area (Å²) in [6, 6.07) is 2.24. The predicted octanol–water partition coefficient (Wildman–Crippen LogP) is 6.23. The minimum atomic E-state index is 0.554. The molecule has 1 unspecified atom stereocenters. The van der Waals surface area contributed by atoms with Crippen LogP contribution in [0.4, 0.5) is 0 Å². The highest BCUT2D eigenvalue weighted by molar-refractivity contribution is 9.11. The van der Waals surface area contributed by atoms with E-state index in [-0.39, 0.29) is 0 Å². The monoisotopic (exact) mass is 364 g/mol. The number of hydrogen-bond donors (Lipinski definition) is 0. The third-order valence-electron chi connectivity index (χ3n) is 3.40. The normalized spacial score (nSPS) is 20.7. The Morgan fingerprint density at radius 3 is 2.38 bits per heavy atom. The smallest absolute Gasteiger partial charge is 0.0528 e. The Morgan fingerprint density at radius 1 is 1.25 bits per heavy atom. The van der Waals surface area contributed by atoms with E-state index in [0.717, 1.165) is 5.92 Å². The molecular weight excluding hydrogens is 348 g/mol. The summed E-state index contributed by atoms with van der Waals surface area (Å²) in [6.45, 7) is 2.19. The van der Waals surface area contributed by atoms with E-state index in [1.54, 1.807) is 0 Å². The predicted molar refractivity (Wildman–Crippen MR) is 79.6 cm³/mol. The molecule has 0 saturated heterocycles. The first-order valence-corrected chi connectivity index (χ1v) is 8.61. The zero-order chi connectivity index (χ0) is 11.5. The maximum Gasteiger partial charge on any atom is 0.0528 e. The second-order valence-electron chi connectivity index (χ2n) is 4.72. The van der Waals surface area contributed by atoms with Gasteiger partial charge in [0.2, 0.25) is 0 Å². The fraction of sp³-hybridized carbons (Fsp3) is 0.692. The van der Waals surface area contributed by atoms with Crippen molar-refractivity contribution in [2.75, 3.05) is 0 Å². The van der Waals surface area contributed by atoms with Gasteiger partial charge in [-0.2, -0.15) is 0 Å². The lowest BCUT2D eigenvalue weighted by Gasteiger charge is -2.20. The Morgan fingerprint density at radius 2 is 1.88 bits per heavy atom. The van der Waals surface area contributed by atoms with Crippen LogP contribution in [0.2, 0.25) is 0 Å². The summed E-state index contributed by atoms with van der Waals surface area (Å²) in [5.41, 5.74) is 0. The first-order valence-electron chi connectivity index (χ1n) is 6.08. The molecule has 0 radical (unpaired) electrons. The van der Waals surface area contributed by atoms with Crippen LogP contribution < -0.4 is 0 Å². The Labute approximate surface area is 119 Å². The lowest BCUT2D eigenvalue weighted by molar-refractivity contribution is 0.457. The van der Waals surface area contributed by atoms with Crippen LogP contribution in [0.15, 0.2) is 10.5 Å². The molecule has 0 amide bonds. The van der Waals surface area contributed by atoms with Crippen LogP contribution in [0.3, 0.4) is 0 Å². The van der Waals surface area contributed by atoms with Crippen LogP contribution in [0.1, 0.15) is 53.1 Å². The van der Waals surface area contributed by atoms with Gasteiger partial charge in [-0.25, -0.2) is 0 Å². The third kappa shape index (κ3) is 3.11. The van der Waals surface area contributed by atoms with Crippen molar-refractivity contribution in [1.82, 2.24) is 0 Å². The molecule has 1 saturated carbocycles. The lowest BCUT2D eigenvalue weighted by atomic mass is 9.96. The fourth-order valence-corrected chi connectivity index (χ4v) is 5.84. The van der Waals surface area contributed by atoms with Gasteiger partial charge in [0.15, 0.2) is 0 Å². The molecule has 0 nitrogen and oxygen atoms in total. The summed E-state index contributed by atoms with van der Waals surface area (Å²) < 4.78 is 1.29. The van der Waals surface area contributed by atoms with Crippen molar-refractivity contribution in [3.05, 3.63) is 20.3 Å². The van der Waals surface area contributed by atoms with Crippen LogP contribution in [0, 0.1) is 12.8 Å². The first kappa shape index (κ1) is 13.1. The summed E-state index contributed by atoms with van der Waals surface area (Å²) in [5.74, 6) is 0.830. The van der Waals surface area contributed by atoms with Gasteiger partial charge in [0.05, 0.1) is 4.83 Å². The van der Waals surface area contributed by atoms with Crippen LogP contribution >= 0.6 is 43.2 Å². The van der Waals surface area contributed by atoms with Gasteiger partial charge >= 0.3 is 0 Å². The van der Waals surface area contributed by atoms with Crippen LogP contribution in [-0.4, -0.2) is 0 Å². The molecule has 3 heteroatoms. The number of alkyl halides is 1. The topological polar surface area (TPSA) is 0 Å².